The lowest BCUT2D eigenvalue weighted by Gasteiger charge is -2.40. The molecule has 0 spiro atoms. The predicted molar refractivity (Wildman–Crippen MR) is 263 cm³/mol. The minimum Gasteiger partial charge on any atom is -0.394 e. The first-order valence-corrected chi connectivity index (χ1v) is 27.5. The number of carbonyl (C=O) groups excluding carboxylic acids is 1. The van der Waals surface area contributed by atoms with Crippen LogP contribution in [-0.2, 0) is 14.3 Å². The van der Waals surface area contributed by atoms with Gasteiger partial charge in [-0.1, -0.05) is 213 Å². The Morgan fingerprint density at radius 1 is 0.531 bits per heavy atom. The molecule has 1 saturated heterocycles. The number of aliphatic hydroxyl groups excluding tert-OH is 6. The lowest BCUT2D eigenvalue weighted by Crippen LogP contribution is -2.60. The predicted octanol–water partition coefficient (Wildman–Crippen LogP) is 10.4. The molecule has 382 valence electrons. The molecule has 0 aliphatic carbocycles. The summed E-state index contributed by atoms with van der Waals surface area (Å²) in [6.45, 7) is 9.59. The van der Waals surface area contributed by atoms with Gasteiger partial charge < -0.3 is 50.3 Å². The van der Waals surface area contributed by atoms with Crippen molar-refractivity contribution in [1.82, 2.24) is 10.2 Å². The van der Waals surface area contributed by atoms with Crippen LogP contribution in [0.25, 0.3) is 0 Å². The molecule has 1 aliphatic heterocycles. The van der Waals surface area contributed by atoms with Crippen LogP contribution in [0, 0.1) is 0 Å². The van der Waals surface area contributed by atoms with Crippen molar-refractivity contribution in [2.45, 2.75) is 301 Å². The summed E-state index contributed by atoms with van der Waals surface area (Å²) in [5.41, 5.74) is 0. The molecule has 0 bridgehead atoms. The molecule has 0 aromatic heterocycles. The second-order valence-corrected chi connectivity index (χ2v) is 19.6. The molecule has 7 N–H and O–H groups in total. The largest absolute Gasteiger partial charge is 0.394 e. The van der Waals surface area contributed by atoms with Gasteiger partial charge in [0.15, 0.2) is 6.29 Å². The molecule has 64 heavy (non-hydrogen) atoms. The van der Waals surface area contributed by atoms with Crippen molar-refractivity contribution in [3.05, 3.63) is 0 Å². The summed E-state index contributed by atoms with van der Waals surface area (Å²) in [5, 5.41) is 65.6. The number of aliphatic hydroxyl groups is 6. The average molecular weight is 915 g/mol. The van der Waals surface area contributed by atoms with E-state index in [1.54, 1.807) is 0 Å². The zero-order chi connectivity index (χ0) is 46.9. The second-order valence-electron chi connectivity index (χ2n) is 19.6. The molecule has 1 amide bonds. The maximum Gasteiger partial charge on any atom is 0.220 e. The molecule has 0 radical (unpaired) electrons. The molecule has 1 fully saturated rings. The molecule has 0 aromatic rings. The van der Waals surface area contributed by atoms with E-state index in [9.17, 15) is 35.4 Å². The first-order valence-electron chi connectivity index (χ1n) is 27.5. The van der Waals surface area contributed by atoms with E-state index in [2.05, 4.69) is 31.0 Å². The van der Waals surface area contributed by atoms with Gasteiger partial charge in [0.1, 0.15) is 30.5 Å². The molecule has 1 heterocycles. The maximum atomic E-state index is 13.2. The number of nitrogens with one attached hydrogen (secondary N) is 1. The summed E-state index contributed by atoms with van der Waals surface area (Å²) in [4.78, 5) is 15.9. The van der Waals surface area contributed by atoms with Crippen LogP contribution < -0.4 is 5.32 Å². The summed E-state index contributed by atoms with van der Waals surface area (Å²) >= 11 is 0. The topological polar surface area (TPSA) is 172 Å². The molecule has 11 heteroatoms. The number of ether oxygens (including phenoxy) is 2. The fourth-order valence-corrected chi connectivity index (χ4v) is 9.14. The molecule has 0 aromatic carbocycles. The highest BCUT2D eigenvalue weighted by atomic mass is 16.7. The van der Waals surface area contributed by atoms with Crippen molar-refractivity contribution < 1.29 is 44.9 Å². The normalized spacial score (nSPS) is 20.5. The third-order valence-corrected chi connectivity index (χ3v) is 13.6. The number of amides is 1. The zero-order valence-corrected chi connectivity index (χ0v) is 42.0. The van der Waals surface area contributed by atoms with Crippen molar-refractivity contribution >= 4 is 5.91 Å². The zero-order valence-electron chi connectivity index (χ0n) is 42.0. The van der Waals surface area contributed by atoms with Crippen LogP contribution in [0.1, 0.15) is 252 Å². The highest BCUT2D eigenvalue weighted by Crippen LogP contribution is 2.23. The van der Waals surface area contributed by atoms with Crippen LogP contribution in [0.5, 0.6) is 0 Å². The van der Waals surface area contributed by atoms with Crippen LogP contribution in [0.4, 0.5) is 0 Å². The van der Waals surface area contributed by atoms with Gasteiger partial charge in [0, 0.05) is 6.42 Å². The highest BCUT2D eigenvalue weighted by Gasteiger charge is 2.44. The van der Waals surface area contributed by atoms with E-state index in [1.165, 1.54) is 187 Å². The van der Waals surface area contributed by atoms with Gasteiger partial charge in [-0.05, 0) is 51.7 Å². The molecule has 11 nitrogen and oxygen atoms in total. The summed E-state index contributed by atoms with van der Waals surface area (Å²) < 4.78 is 11.2. The Morgan fingerprint density at radius 2 is 0.906 bits per heavy atom. The maximum absolute atomic E-state index is 13.2. The summed E-state index contributed by atoms with van der Waals surface area (Å²) in [6.07, 6.45) is 33.2. The Morgan fingerprint density at radius 3 is 1.31 bits per heavy atom. The van der Waals surface area contributed by atoms with E-state index in [0.717, 1.165) is 44.9 Å². The fraction of sp³-hybridized carbons (Fsp3) is 0.981. The SMILES string of the molecule is CCCCCCCCCCCCCCC[C@@H](O)[C@@H](O)[C@H](CO[C@H]1O[C@H](CO)[C@H](O)[C@H](O)[C@H]1O)NC(=O)CCCCCCCCCN(CCCCCCCCC)CCCCCCCCC. The quantitative estimate of drug-likeness (QED) is 0.0292. The molecule has 0 unspecified atom stereocenters. The summed E-state index contributed by atoms with van der Waals surface area (Å²) in [5.74, 6) is -0.253. The van der Waals surface area contributed by atoms with Crippen molar-refractivity contribution in [3.8, 4) is 0 Å². The number of hydrogen-bond acceptors (Lipinski definition) is 10. The number of nitrogens with zero attached hydrogens (tertiary/aromatic N) is 1. The van der Waals surface area contributed by atoms with E-state index < -0.39 is 55.6 Å². The van der Waals surface area contributed by atoms with Gasteiger partial charge in [-0.25, -0.2) is 0 Å². The third-order valence-electron chi connectivity index (χ3n) is 13.6. The van der Waals surface area contributed by atoms with Crippen LogP contribution in [0.2, 0.25) is 0 Å². The van der Waals surface area contributed by atoms with Crippen molar-refractivity contribution in [2.24, 2.45) is 0 Å². The average Bonchev–Trinajstić information content (AvgIpc) is 3.29. The van der Waals surface area contributed by atoms with Crippen LogP contribution in [0.3, 0.4) is 0 Å². The Bertz CT molecular complexity index is 991. The minimum absolute atomic E-state index is 0.253. The van der Waals surface area contributed by atoms with Gasteiger partial charge in [-0.2, -0.15) is 0 Å². The van der Waals surface area contributed by atoms with Gasteiger partial charge in [0.05, 0.1) is 25.4 Å². The van der Waals surface area contributed by atoms with Crippen LogP contribution in [0.15, 0.2) is 0 Å². The van der Waals surface area contributed by atoms with E-state index in [4.69, 9.17) is 9.47 Å². The summed E-state index contributed by atoms with van der Waals surface area (Å²) in [6, 6.07) is -0.993. The van der Waals surface area contributed by atoms with E-state index in [1.807, 2.05) is 0 Å². The molecular formula is C53H106N2O9. The van der Waals surface area contributed by atoms with Crippen LogP contribution >= 0.6 is 0 Å². The van der Waals surface area contributed by atoms with Crippen molar-refractivity contribution in [1.29, 1.82) is 0 Å². The molecule has 1 rings (SSSR count). The Kier molecular flexibility index (Phi) is 41.4. The first kappa shape index (κ1) is 61.1. The lowest BCUT2D eigenvalue weighted by molar-refractivity contribution is -0.303. The summed E-state index contributed by atoms with van der Waals surface area (Å²) in [7, 11) is 0. The minimum atomic E-state index is -1.61. The molecular weight excluding hydrogens is 809 g/mol. The standard InChI is InChI=1S/C53H106N2O9/c1-4-7-10-13-16-17-18-19-20-21-23-28-33-38-46(57)49(59)45(44-63-53-52(62)51(61)50(60)47(43-56)64-53)54-48(58)39-34-29-24-22-27-32-37-42-55(40-35-30-25-14-11-8-5-2)41-36-31-26-15-12-9-6-3/h45-47,49-53,56-57,59-62H,4-44H2,1-3H3,(H,54,58)/t45-,46+,47+,49-,50-,51-,52+,53-/m0/s1. The van der Waals surface area contributed by atoms with Gasteiger partial charge in [0.25, 0.3) is 0 Å². The second kappa shape index (κ2) is 43.4. The Labute approximate surface area is 393 Å². The van der Waals surface area contributed by atoms with Crippen molar-refractivity contribution in [2.75, 3.05) is 32.8 Å². The molecule has 1 aliphatic rings. The van der Waals surface area contributed by atoms with Gasteiger partial charge >= 0.3 is 0 Å². The number of unbranched alkanes of at least 4 members (excludes halogenated alkanes) is 30. The third kappa shape index (κ3) is 32.0. The fourth-order valence-electron chi connectivity index (χ4n) is 9.14. The van der Waals surface area contributed by atoms with Gasteiger partial charge in [-0.3, -0.25) is 4.79 Å². The number of hydrogen-bond donors (Lipinski definition) is 7. The lowest BCUT2D eigenvalue weighted by atomic mass is 9.98. The van der Waals surface area contributed by atoms with Gasteiger partial charge in [-0.15, -0.1) is 0 Å². The first-order chi connectivity index (χ1) is 31.2. The van der Waals surface area contributed by atoms with E-state index in [0.29, 0.717) is 12.8 Å². The van der Waals surface area contributed by atoms with E-state index >= 15 is 0 Å². The van der Waals surface area contributed by atoms with Crippen molar-refractivity contribution in [3.63, 3.8) is 0 Å². The molecule has 8 atom stereocenters. The molecule has 0 saturated carbocycles. The Hall–Kier alpha value is -0.890. The number of rotatable bonds is 47. The number of carbonyl (C=O) groups is 1. The highest BCUT2D eigenvalue weighted by molar-refractivity contribution is 5.76. The van der Waals surface area contributed by atoms with Gasteiger partial charge in [0.2, 0.25) is 5.91 Å². The van der Waals surface area contributed by atoms with E-state index in [-0.39, 0.29) is 18.9 Å². The van der Waals surface area contributed by atoms with Crippen LogP contribution in [-0.4, -0.2) is 123 Å². The smallest absolute Gasteiger partial charge is 0.220 e. The Balaban J connectivity index is 2.49. The monoisotopic (exact) mass is 915 g/mol.